The molecule has 0 radical (unpaired) electrons. The Kier molecular flexibility index (Phi) is 2.08. The van der Waals surface area contributed by atoms with Gasteiger partial charge in [0.15, 0.2) is 0 Å². The van der Waals surface area contributed by atoms with Crippen molar-refractivity contribution in [2.45, 2.75) is 31.8 Å². The van der Waals surface area contributed by atoms with Crippen molar-refractivity contribution >= 4 is 0 Å². The van der Waals surface area contributed by atoms with Gasteiger partial charge in [-0.2, -0.15) is 0 Å². The van der Waals surface area contributed by atoms with Gasteiger partial charge < -0.3 is 5.11 Å². The van der Waals surface area contributed by atoms with Crippen molar-refractivity contribution in [3.8, 4) is 0 Å². The Morgan fingerprint density at radius 1 is 1.46 bits per heavy atom. The topological polar surface area (TPSA) is 20.2 Å². The highest BCUT2D eigenvalue weighted by molar-refractivity contribution is 5.34. The van der Waals surface area contributed by atoms with E-state index in [-0.39, 0.29) is 17.8 Å². The SMILES string of the molecule is CC1c2cccc(F)c2CCC1O. The van der Waals surface area contributed by atoms with Gasteiger partial charge in [0.1, 0.15) is 5.82 Å². The minimum Gasteiger partial charge on any atom is -0.392 e. The van der Waals surface area contributed by atoms with E-state index in [0.29, 0.717) is 12.8 Å². The van der Waals surface area contributed by atoms with Crippen LogP contribution in [0.4, 0.5) is 4.39 Å². The average Bonchev–Trinajstić information content (AvgIpc) is 2.12. The third-order valence-corrected chi connectivity index (χ3v) is 2.91. The highest BCUT2D eigenvalue weighted by atomic mass is 19.1. The predicted octanol–water partition coefficient (Wildman–Crippen LogP) is 2.24. The zero-order valence-corrected chi connectivity index (χ0v) is 7.63. The summed E-state index contributed by atoms with van der Waals surface area (Å²) in [5, 5.41) is 9.59. The molecule has 0 saturated heterocycles. The second-order valence-electron chi connectivity index (χ2n) is 3.70. The van der Waals surface area contributed by atoms with Gasteiger partial charge in [-0.25, -0.2) is 4.39 Å². The standard InChI is InChI=1S/C11H13FO/c1-7-8-3-2-4-10(12)9(8)5-6-11(7)13/h2-4,7,11,13H,5-6H2,1H3. The first kappa shape index (κ1) is 8.70. The lowest BCUT2D eigenvalue weighted by molar-refractivity contribution is 0.131. The highest BCUT2D eigenvalue weighted by Crippen LogP contribution is 2.32. The molecule has 0 saturated carbocycles. The first-order valence-corrected chi connectivity index (χ1v) is 4.65. The zero-order valence-electron chi connectivity index (χ0n) is 7.63. The van der Waals surface area contributed by atoms with E-state index >= 15 is 0 Å². The Labute approximate surface area is 77.2 Å². The van der Waals surface area contributed by atoms with E-state index in [1.807, 2.05) is 13.0 Å². The van der Waals surface area contributed by atoms with Gasteiger partial charge in [0.25, 0.3) is 0 Å². The van der Waals surface area contributed by atoms with Gasteiger partial charge in [-0.1, -0.05) is 19.1 Å². The van der Waals surface area contributed by atoms with Gasteiger partial charge in [-0.3, -0.25) is 0 Å². The monoisotopic (exact) mass is 180 g/mol. The minimum absolute atomic E-state index is 0.0689. The summed E-state index contributed by atoms with van der Waals surface area (Å²) >= 11 is 0. The van der Waals surface area contributed by atoms with Crippen molar-refractivity contribution in [2.75, 3.05) is 0 Å². The molecular weight excluding hydrogens is 167 g/mol. The molecule has 1 aromatic rings. The van der Waals surface area contributed by atoms with Gasteiger partial charge >= 0.3 is 0 Å². The summed E-state index contributed by atoms with van der Waals surface area (Å²) in [6.45, 7) is 1.95. The van der Waals surface area contributed by atoms with Gasteiger partial charge in [-0.15, -0.1) is 0 Å². The smallest absolute Gasteiger partial charge is 0.126 e. The molecule has 1 aliphatic rings. The van der Waals surface area contributed by atoms with E-state index in [1.54, 1.807) is 6.07 Å². The normalized spacial score (nSPS) is 27.0. The molecule has 1 aliphatic carbocycles. The highest BCUT2D eigenvalue weighted by Gasteiger charge is 2.25. The fraction of sp³-hybridized carbons (Fsp3) is 0.455. The van der Waals surface area contributed by atoms with Crippen LogP contribution in [0.25, 0.3) is 0 Å². The van der Waals surface area contributed by atoms with E-state index in [1.165, 1.54) is 6.07 Å². The molecule has 1 N–H and O–H groups in total. The quantitative estimate of drug-likeness (QED) is 0.649. The second-order valence-corrected chi connectivity index (χ2v) is 3.70. The van der Waals surface area contributed by atoms with Crippen molar-refractivity contribution in [1.82, 2.24) is 0 Å². The minimum atomic E-state index is -0.311. The lowest BCUT2D eigenvalue weighted by Gasteiger charge is -2.27. The van der Waals surface area contributed by atoms with Crippen molar-refractivity contribution in [2.24, 2.45) is 0 Å². The summed E-state index contributed by atoms with van der Waals surface area (Å²) in [4.78, 5) is 0. The van der Waals surface area contributed by atoms with Crippen molar-refractivity contribution in [3.05, 3.63) is 35.1 Å². The number of aliphatic hydroxyl groups excluding tert-OH is 1. The first-order valence-electron chi connectivity index (χ1n) is 4.65. The molecule has 0 aliphatic heterocycles. The van der Waals surface area contributed by atoms with E-state index in [9.17, 15) is 9.50 Å². The van der Waals surface area contributed by atoms with E-state index in [4.69, 9.17) is 0 Å². The van der Waals surface area contributed by atoms with E-state index in [0.717, 1.165) is 11.1 Å². The summed E-state index contributed by atoms with van der Waals surface area (Å²) in [6, 6.07) is 5.11. The number of halogens is 1. The summed E-state index contributed by atoms with van der Waals surface area (Å²) < 4.78 is 13.3. The van der Waals surface area contributed by atoms with Crippen molar-refractivity contribution < 1.29 is 9.50 Å². The van der Waals surface area contributed by atoms with Gasteiger partial charge in [0, 0.05) is 5.92 Å². The molecule has 1 nitrogen and oxygen atoms in total. The number of rotatable bonds is 0. The summed E-state index contributed by atoms with van der Waals surface area (Å²) in [5.74, 6) is -0.0595. The fourth-order valence-electron chi connectivity index (χ4n) is 2.02. The molecular formula is C11H13FO. The molecule has 0 spiro atoms. The molecule has 2 heteroatoms. The molecule has 0 heterocycles. The molecule has 2 unspecified atom stereocenters. The fourth-order valence-corrected chi connectivity index (χ4v) is 2.02. The van der Waals surface area contributed by atoms with E-state index < -0.39 is 0 Å². The summed E-state index contributed by atoms with van der Waals surface area (Å²) in [7, 11) is 0. The number of aliphatic hydroxyl groups is 1. The Morgan fingerprint density at radius 2 is 2.23 bits per heavy atom. The van der Waals surface area contributed by atoms with Gasteiger partial charge in [-0.05, 0) is 30.0 Å². The van der Waals surface area contributed by atoms with Crippen LogP contribution in [0, 0.1) is 5.82 Å². The molecule has 13 heavy (non-hydrogen) atoms. The largest absolute Gasteiger partial charge is 0.392 e. The molecule has 0 bridgehead atoms. The van der Waals surface area contributed by atoms with Crippen LogP contribution in [0.3, 0.4) is 0 Å². The average molecular weight is 180 g/mol. The predicted molar refractivity (Wildman–Crippen MR) is 49.1 cm³/mol. The zero-order chi connectivity index (χ0) is 9.42. The van der Waals surface area contributed by atoms with Crippen LogP contribution in [0.1, 0.15) is 30.4 Å². The Hall–Kier alpha value is -0.890. The van der Waals surface area contributed by atoms with Crippen LogP contribution >= 0.6 is 0 Å². The molecule has 1 aromatic carbocycles. The Balaban J connectivity index is 2.49. The molecule has 0 aromatic heterocycles. The maximum absolute atomic E-state index is 13.3. The first-order chi connectivity index (χ1) is 6.20. The Morgan fingerprint density at radius 3 is 3.00 bits per heavy atom. The second kappa shape index (κ2) is 3.11. The summed E-state index contributed by atoms with van der Waals surface area (Å²) in [5.41, 5.74) is 1.76. The van der Waals surface area contributed by atoms with Crippen LogP contribution in [-0.2, 0) is 6.42 Å². The summed E-state index contributed by atoms with van der Waals surface area (Å²) in [6.07, 6.45) is 1.03. The van der Waals surface area contributed by atoms with Crippen molar-refractivity contribution in [1.29, 1.82) is 0 Å². The van der Waals surface area contributed by atoms with Crippen LogP contribution in [0.15, 0.2) is 18.2 Å². The molecule has 0 fully saturated rings. The van der Waals surface area contributed by atoms with Crippen LogP contribution in [0.2, 0.25) is 0 Å². The molecule has 70 valence electrons. The lowest BCUT2D eigenvalue weighted by atomic mass is 9.82. The Bertz CT molecular complexity index is 322. The van der Waals surface area contributed by atoms with E-state index in [2.05, 4.69) is 0 Å². The number of fused-ring (bicyclic) bond motifs is 1. The van der Waals surface area contributed by atoms with Gasteiger partial charge in [0.05, 0.1) is 6.10 Å². The molecule has 2 atom stereocenters. The third kappa shape index (κ3) is 1.35. The third-order valence-electron chi connectivity index (χ3n) is 2.91. The van der Waals surface area contributed by atoms with Crippen LogP contribution in [0.5, 0.6) is 0 Å². The van der Waals surface area contributed by atoms with Crippen LogP contribution < -0.4 is 0 Å². The van der Waals surface area contributed by atoms with Crippen LogP contribution in [-0.4, -0.2) is 11.2 Å². The number of hydrogen-bond donors (Lipinski definition) is 1. The van der Waals surface area contributed by atoms with Gasteiger partial charge in [0.2, 0.25) is 0 Å². The maximum Gasteiger partial charge on any atom is 0.126 e. The maximum atomic E-state index is 13.3. The molecule has 2 rings (SSSR count). The number of hydrogen-bond acceptors (Lipinski definition) is 1. The number of benzene rings is 1. The molecule has 0 amide bonds. The van der Waals surface area contributed by atoms with Crippen molar-refractivity contribution in [3.63, 3.8) is 0 Å². The lowest BCUT2D eigenvalue weighted by Crippen LogP contribution is -2.23.